The molecule has 0 radical (unpaired) electrons. The molecular weight excluding hydrogens is 300 g/mol. The lowest BCUT2D eigenvalue weighted by molar-refractivity contribution is -0.682. The van der Waals surface area contributed by atoms with E-state index in [1.807, 2.05) is 6.92 Å². The van der Waals surface area contributed by atoms with Gasteiger partial charge in [-0.1, -0.05) is 25.5 Å². The van der Waals surface area contributed by atoms with Gasteiger partial charge in [0.15, 0.2) is 0 Å². The minimum absolute atomic E-state index is 0.211. The first-order valence-electron chi connectivity index (χ1n) is 7.51. The summed E-state index contributed by atoms with van der Waals surface area (Å²) in [5.74, 6) is -2.35. The summed E-state index contributed by atoms with van der Waals surface area (Å²) in [4.78, 5) is 34.8. The topological polar surface area (TPSA) is 112 Å². The zero-order valence-electron chi connectivity index (χ0n) is 13.3. The number of carboxylic acid groups (broad SMARTS) is 1. The van der Waals surface area contributed by atoms with Gasteiger partial charge in [-0.25, -0.2) is 4.79 Å². The number of methoxy groups -OCH3 is 1. The number of benzene rings is 1. The summed E-state index contributed by atoms with van der Waals surface area (Å²) in [6.45, 7) is 2.61. The van der Waals surface area contributed by atoms with Gasteiger partial charge in [-0.3, -0.25) is 4.79 Å². The van der Waals surface area contributed by atoms with E-state index in [9.17, 15) is 19.5 Å². The van der Waals surface area contributed by atoms with Gasteiger partial charge in [0, 0.05) is 0 Å². The van der Waals surface area contributed by atoms with Gasteiger partial charge in [-0.05, 0) is 18.6 Å². The molecule has 0 saturated carbocycles. The molecule has 0 fully saturated rings. The van der Waals surface area contributed by atoms with Gasteiger partial charge in [-0.15, -0.1) is 0 Å². The largest absolute Gasteiger partial charge is 0.544 e. The Labute approximate surface area is 135 Å². The van der Waals surface area contributed by atoms with Crippen molar-refractivity contribution in [3.8, 4) is 0 Å². The second kappa shape index (κ2) is 9.58. The van der Waals surface area contributed by atoms with Gasteiger partial charge in [0.1, 0.15) is 6.04 Å². The molecular formula is C16H22N2O5. The molecule has 1 atom stereocenters. The van der Waals surface area contributed by atoms with Crippen molar-refractivity contribution in [3.63, 3.8) is 0 Å². The Hall–Kier alpha value is -2.41. The minimum Gasteiger partial charge on any atom is -0.544 e. The maximum absolute atomic E-state index is 12.0. The van der Waals surface area contributed by atoms with Crippen molar-refractivity contribution in [1.82, 2.24) is 0 Å². The normalized spacial score (nSPS) is 11.6. The van der Waals surface area contributed by atoms with Crippen molar-refractivity contribution in [2.45, 2.75) is 32.2 Å². The molecule has 0 spiro atoms. The van der Waals surface area contributed by atoms with Gasteiger partial charge in [-0.2, -0.15) is 0 Å². The maximum atomic E-state index is 12.0. The highest BCUT2D eigenvalue weighted by Crippen LogP contribution is 2.16. The molecule has 1 rings (SSSR count). The number of amides is 1. The fourth-order valence-corrected chi connectivity index (χ4v) is 2.07. The number of carboxylic acids is 1. The Morgan fingerprint density at radius 1 is 1.30 bits per heavy atom. The predicted octanol–water partition coefficient (Wildman–Crippen LogP) is -0.716. The number of unbranched alkanes of at least 4 members (excludes halogenated alkanes) is 1. The summed E-state index contributed by atoms with van der Waals surface area (Å²) in [5, 5.41) is 15.2. The summed E-state index contributed by atoms with van der Waals surface area (Å²) in [7, 11) is 1.25. The SMILES string of the molecule is CCCC[NH2+][C@H](CC(=O)Nc1ccccc1C(=O)OC)C(=O)[O-]. The number of esters is 1. The number of carbonyl (C=O) groups excluding carboxylic acids is 3. The van der Waals surface area contributed by atoms with Crippen LogP contribution in [0, 0.1) is 0 Å². The summed E-state index contributed by atoms with van der Waals surface area (Å²) < 4.78 is 4.64. The van der Waals surface area contributed by atoms with Crippen LogP contribution in [0.5, 0.6) is 0 Å². The first kappa shape index (κ1) is 18.6. The molecule has 126 valence electrons. The van der Waals surface area contributed by atoms with E-state index in [4.69, 9.17) is 0 Å². The molecule has 0 saturated heterocycles. The van der Waals surface area contributed by atoms with Gasteiger partial charge in [0.25, 0.3) is 0 Å². The van der Waals surface area contributed by atoms with E-state index in [1.165, 1.54) is 13.2 Å². The van der Waals surface area contributed by atoms with Crippen LogP contribution in [-0.4, -0.2) is 37.5 Å². The highest BCUT2D eigenvalue weighted by molar-refractivity contribution is 6.01. The molecule has 1 aromatic carbocycles. The van der Waals surface area contributed by atoms with Crippen LogP contribution in [-0.2, 0) is 14.3 Å². The van der Waals surface area contributed by atoms with Crippen molar-refractivity contribution >= 4 is 23.5 Å². The van der Waals surface area contributed by atoms with E-state index in [0.717, 1.165) is 12.8 Å². The lowest BCUT2D eigenvalue weighted by Crippen LogP contribution is -2.93. The fourth-order valence-electron chi connectivity index (χ4n) is 2.07. The molecule has 7 heteroatoms. The lowest BCUT2D eigenvalue weighted by Gasteiger charge is -2.16. The van der Waals surface area contributed by atoms with E-state index in [0.29, 0.717) is 6.54 Å². The first-order valence-corrected chi connectivity index (χ1v) is 7.51. The average molecular weight is 322 g/mol. The second-order valence-electron chi connectivity index (χ2n) is 5.09. The van der Waals surface area contributed by atoms with Crippen LogP contribution in [0.4, 0.5) is 5.69 Å². The molecule has 3 N–H and O–H groups in total. The minimum atomic E-state index is -1.28. The summed E-state index contributed by atoms with van der Waals surface area (Å²) in [6, 6.07) is 5.42. The number of anilines is 1. The van der Waals surface area contributed by atoms with Gasteiger partial charge < -0.3 is 25.3 Å². The van der Waals surface area contributed by atoms with Crippen LogP contribution < -0.4 is 15.7 Å². The van der Waals surface area contributed by atoms with Crippen molar-refractivity contribution < 1.29 is 29.5 Å². The van der Waals surface area contributed by atoms with Gasteiger partial charge >= 0.3 is 5.97 Å². The average Bonchev–Trinajstić information content (AvgIpc) is 2.53. The lowest BCUT2D eigenvalue weighted by atomic mass is 10.1. The zero-order valence-corrected chi connectivity index (χ0v) is 13.3. The van der Waals surface area contributed by atoms with Gasteiger partial charge in [0.05, 0.1) is 37.3 Å². The van der Waals surface area contributed by atoms with Crippen LogP contribution in [0.3, 0.4) is 0 Å². The number of nitrogens with two attached hydrogens (primary N) is 1. The van der Waals surface area contributed by atoms with E-state index in [1.54, 1.807) is 23.5 Å². The summed E-state index contributed by atoms with van der Waals surface area (Å²) in [6.07, 6.45) is 1.56. The molecule has 7 nitrogen and oxygen atoms in total. The molecule has 0 aliphatic heterocycles. The van der Waals surface area contributed by atoms with Crippen LogP contribution >= 0.6 is 0 Å². The quantitative estimate of drug-likeness (QED) is 0.460. The van der Waals surface area contributed by atoms with Crippen molar-refractivity contribution in [2.24, 2.45) is 0 Å². The highest BCUT2D eigenvalue weighted by Gasteiger charge is 2.19. The Morgan fingerprint density at radius 2 is 2.00 bits per heavy atom. The highest BCUT2D eigenvalue weighted by atomic mass is 16.5. The third-order valence-electron chi connectivity index (χ3n) is 3.32. The smallest absolute Gasteiger partial charge is 0.339 e. The molecule has 0 heterocycles. The van der Waals surface area contributed by atoms with Crippen molar-refractivity contribution in [1.29, 1.82) is 0 Å². The number of carbonyl (C=O) groups is 3. The molecule has 1 amide bonds. The first-order chi connectivity index (χ1) is 11.0. The molecule has 0 unspecified atom stereocenters. The van der Waals surface area contributed by atoms with Gasteiger partial charge in [0.2, 0.25) is 5.91 Å². The van der Waals surface area contributed by atoms with Crippen LogP contribution in [0.15, 0.2) is 24.3 Å². The number of rotatable bonds is 9. The van der Waals surface area contributed by atoms with Crippen molar-refractivity contribution in [3.05, 3.63) is 29.8 Å². The Morgan fingerprint density at radius 3 is 2.61 bits per heavy atom. The van der Waals surface area contributed by atoms with Crippen molar-refractivity contribution in [2.75, 3.05) is 19.0 Å². The second-order valence-corrected chi connectivity index (χ2v) is 5.09. The predicted molar refractivity (Wildman–Crippen MR) is 81.5 cm³/mol. The Bertz CT molecular complexity index is 559. The van der Waals surface area contributed by atoms with Crippen LogP contribution in [0.2, 0.25) is 0 Å². The number of aliphatic carboxylic acids is 1. The number of ether oxygens (including phenoxy) is 1. The molecule has 0 aliphatic rings. The summed E-state index contributed by atoms with van der Waals surface area (Å²) >= 11 is 0. The third-order valence-corrected chi connectivity index (χ3v) is 3.32. The van der Waals surface area contributed by atoms with Crippen LogP contribution in [0.25, 0.3) is 0 Å². The monoisotopic (exact) mass is 322 g/mol. The molecule has 1 aromatic rings. The zero-order chi connectivity index (χ0) is 17.2. The molecule has 0 aromatic heterocycles. The molecule has 23 heavy (non-hydrogen) atoms. The number of hydrogen-bond acceptors (Lipinski definition) is 5. The number of hydrogen-bond donors (Lipinski definition) is 2. The Kier molecular flexibility index (Phi) is 7.76. The molecule has 0 aliphatic carbocycles. The van der Waals surface area contributed by atoms with E-state index < -0.39 is 23.9 Å². The maximum Gasteiger partial charge on any atom is 0.339 e. The number of quaternary nitrogens is 1. The van der Waals surface area contributed by atoms with E-state index >= 15 is 0 Å². The molecule has 0 bridgehead atoms. The standard InChI is InChI=1S/C16H22N2O5/c1-3-4-9-17-13(15(20)21)10-14(19)18-12-8-6-5-7-11(12)16(22)23-2/h5-8,13,17H,3-4,9-10H2,1-2H3,(H,18,19)(H,20,21)/t13-/m1/s1. The summed E-state index contributed by atoms with van der Waals surface area (Å²) in [5.41, 5.74) is 0.498. The Balaban J connectivity index is 2.71. The third kappa shape index (κ3) is 6.07. The van der Waals surface area contributed by atoms with Crippen LogP contribution in [0.1, 0.15) is 36.5 Å². The van der Waals surface area contributed by atoms with E-state index in [2.05, 4.69) is 10.1 Å². The fraction of sp³-hybridized carbons (Fsp3) is 0.438. The number of nitrogens with one attached hydrogen (secondary N) is 1. The van der Waals surface area contributed by atoms with E-state index in [-0.39, 0.29) is 17.7 Å². The number of para-hydroxylation sites is 1.